The minimum absolute atomic E-state index is 0.171. The van der Waals surface area contributed by atoms with Crippen LogP contribution in [0.15, 0.2) is 42.9 Å². The molecule has 1 unspecified atom stereocenters. The number of aryl methyl sites for hydroxylation is 2. The first-order valence-electron chi connectivity index (χ1n) is 10.7. The van der Waals surface area contributed by atoms with Gasteiger partial charge in [0.1, 0.15) is 23.4 Å². The number of amides is 1. The van der Waals surface area contributed by atoms with Gasteiger partial charge in [-0.3, -0.25) is 4.79 Å². The van der Waals surface area contributed by atoms with Gasteiger partial charge in [-0.15, -0.1) is 0 Å². The average Bonchev–Trinajstić information content (AvgIpc) is 3.41. The topological polar surface area (TPSA) is 96.1 Å². The maximum atomic E-state index is 13.5. The number of carbonyl (C=O) groups excluding carboxylic acids is 1. The number of hydrogen-bond donors (Lipinski definition) is 1. The van der Waals surface area contributed by atoms with Gasteiger partial charge in [0.05, 0.1) is 31.7 Å². The predicted octanol–water partition coefficient (Wildman–Crippen LogP) is 3.59. The number of hydrogen-bond acceptors (Lipinski definition) is 6. The molecule has 9 nitrogen and oxygen atoms in total. The van der Waals surface area contributed by atoms with Crippen molar-refractivity contribution in [1.29, 1.82) is 0 Å². The van der Waals surface area contributed by atoms with E-state index in [2.05, 4.69) is 20.4 Å². The third-order valence-corrected chi connectivity index (χ3v) is 5.59. The van der Waals surface area contributed by atoms with Crippen molar-refractivity contribution in [3.63, 3.8) is 0 Å². The molecule has 1 atom stereocenters. The lowest BCUT2D eigenvalue weighted by atomic mass is 10.0. The normalized spacial score (nSPS) is 12.2. The summed E-state index contributed by atoms with van der Waals surface area (Å²) in [6.45, 7) is 5.92. The average molecular weight is 449 g/mol. The molecule has 9 heteroatoms. The Morgan fingerprint density at radius 2 is 1.79 bits per heavy atom. The van der Waals surface area contributed by atoms with Gasteiger partial charge < -0.3 is 19.4 Å². The molecule has 0 aliphatic carbocycles. The van der Waals surface area contributed by atoms with Crippen molar-refractivity contribution in [3.8, 4) is 11.5 Å². The zero-order valence-corrected chi connectivity index (χ0v) is 19.7. The number of imidazole rings is 1. The van der Waals surface area contributed by atoms with Crippen LogP contribution < -0.4 is 14.8 Å². The van der Waals surface area contributed by atoms with Gasteiger partial charge >= 0.3 is 0 Å². The van der Waals surface area contributed by atoms with E-state index in [0.29, 0.717) is 28.6 Å². The van der Waals surface area contributed by atoms with Gasteiger partial charge in [-0.1, -0.05) is 0 Å². The minimum atomic E-state index is -0.532. The fourth-order valence-corrected chi connectivity index (χ4v) is 3.83. The Balaban J connectivity index is 1.75. The first-order chi connectivity index (χ1) is 15.8. The lowest BCUT2D eigenvalue weighted by Crippen LogP contribution is -2.31. The van der Waals surface area contributed by atoms with E-state index in [-0.39, 0.29) is 11.9 Å². The van der Waals surface area contributed by atoms with E-state index < -0.39 is 6.04 Å². The SMILES string of the molecule is COc1cc(OC)cc(C(NC(=O)c2cc3cnn(C(C)C)c3nc2C)c2nccn2C)c1. The van der Waals surface area contributed by atoms with Crippen molar-refractivity contribution >= 4 is 16.9 Å². The van der Waals surface area contributed by atoms with Crippen LogP contribution in [0.25, 0.3) is 11.0 Å². The summed E-state index contributed by atoms with van der Waals surface area (Å²) in [6, 6.07) is 6.99. The Morgan fingerprint density at radius 1 is 1.09 bits per heavy atom. The molecule has 0 bridgehead atoms. The first-order valence-corrected chi connectivity index (χ1v) is 10.7. The summed E-state index contributed by atoms with van der Waals surface area (Å²) < 4.78 is 14.6. The van der Waals surface area contributed by atoms with Crippen molar-refractivity contribution < 1.29 is 14.3 Å². The highest BCUT2D eigenvalue weighted by atomic mass is 16.5. The number of aromatic nitrogens is 5. The number of fused-ring (bicyclic) bond motifs is 1. The molecule has 4 aromatic rings. The summed E-state index contributed by atoms with van der Waals surface area (Å²) in [5.74, 6) is 1.67. The molecule has 0 aliphatic rings. The zero-order chi connectivity index (χ0) is 23.7. The second kappa shape index (κ2) is 8.93. The molecular weight excluding hydrogens is 420 g/mol. The highest BCUT2D eigenvalue weighted by molar-refractivity contribution is 5.98. The highest BCUT2D eigenvalue weighted by Crippen LogP contribution is 2.30. The minimum Gasteiger partial charge on any atom is -0.497 e. The second-order valence-electron chi connectivity index (χ2n) is 8.17. The van der Waals surface area contributed by atoms with Gasteiger partial charge in [0.15, 0.2) is 5.65 Å². The van der Waals surface area contributed by atoms with Crippen molar-refractivity contribution in [2.45, 2.75) is 32.9 Å². The van der Waals surface area contributed by atoms with E-state index in [4.69, 9.17) is 9.47 Å². The van der Waals surface area contributed by atoms with E-state index in [0.717, 1.165) is 16.6 Å². The van der Waals surface area contributed by atoms with Crippen LogP contribution in [-0.2, 0) is 7.05 Å². The fourth-order valence-electron chi connectivity index (χ4n) is 3.83. The van der Waals surface area contributed by atoms with Gasteiger partial charge in [-0.25, -0.2) is 14.6 Å². The molecule has 172 valence electrons. The zero-order valence-electron chi connectivity index (χ0n) is 19.7. The fraction of sp³-hybridized carbons (Fsp3) is 0.333. The van der Waals surface area contributed by atoms with E-state index >= 15 is 0 Å². The third-order valence-electron chi connectivity index (χ3n) is 5.59. The molecule has 33 heavy (non-hydrogen) atoms. The standard InChI is InChI=1S/C24H28N6O3/c1-14(2)30-22-17(13-26-30)11-20(15(3)27-22)24(31)28-21(23-25-7-8-29(23)4)16-9-18(32-5)12-19(10-16)33-6/h7-14,21H,1-6H3,(H,28,31). The largest absolute Gasteiger partial charge is 0.497 e. The molecule has 1 aromatic carbocycles. The molecule has 0 saturated carbocycles. The molecule has 0 fully saturated rings. The molecule has 0 radical (unpaired) electrons. The number of nitrogens with zero attached hydrogens (tertiary/aromatic N) is 5. The maximum Gasteiger partial charge on any atom is 0.254 e. The quantitative estimate of drug-likeness (QED) is 0.464. The summed E-state index contributed by atoms with van der Waals surface area (Å²) in [5.41, 5.74) is 2.66. The number of benzene rings is 1. The summed E-state index contributed by atoms with van der Waals surface area (Å²) in [6.07, 6.45) is 5.28. The summed E-state index contributed by atoms with van der Waals surface area (Å²) in [7, 11) is 5.07. The molecular formula is C24H28N6O3. The number of carbonyl (C=O) groups is 1. The summed E-state index contributed by atoms with van der Waals surface area (Å²) >= 11 is 0. The van der Waals surface area contributed by atoms with Crippen LogP contribution in [0.5, 0.6) is 11.5 Å². The van der Waals surface area contributed by atoms with Gasteiger partial charge in [-0.05, 0) is 44.5 Å². The van der Waals surface area contributed by atoms with Crippen LogP contribution in [0.2, 0.25) is 0 Å². The number of pyridine rings is 1. The Labute approximate surface area is 192 Å². The van der Waals surface area contributed by atoms with Crippen molar-refractivity contribution in [3.05, 3.63) is 65.5 Å². The van der Waals surface area contributed by atoms with Crippen LogP contribution in [0.4, 0.5) is 0 Å². The van der Waals surface area contributed by atoms with E-state index in [9.17, 15) is 4.79 Å². The number of ether oxygens (including phenoxy) is 2. The molecule has 4 rings (SSSR count). The monoisotopic (exact) mass is 448 g/mol. The number of nitrogens with one attached hydrogen (secondary N) is 1. The first kappa shape index (κ1) is 22.3. The Kier molecular flexibility index (Phi) is 6.04. The lowest BCUT2D eigenvalue weighted by molar-refractivity contribution is 0.0940. The van der Waals surface area contributed by atoms with Crippen molar-refractivity contribution in [2.24, 2.45) is 7.05 Å². The van der Waals surface area contributed by atoms with Crippen molar-refractivity contribution in [2.75, 3.05) is 14.2 Å². The highest BCUT2D eigenvalue weighted by Gasteiger charge is 2.24. The summed E-state index contributed by atoms with van der Waals surface area (Å²) in [4.78, 5) is 22.6. The van der Waals surface area contributed by atoms with Crippen LogP contribution in [0.3, 0.4) is 0 Å². The predicted molar refractivity (Wildman–Crippen MR) is 125 cm³/mol. The molecule has 0 saturated heterocycles. The molecule has 3 aromatic heterocycles. The third kappa shape index (κ3) is 4.26. The van der Waals surface area contributed by atoms with E-state index in [1.807, 2.05) is 61.5 Å². The molecule has 0 aliphatic heterocycles. The number of methoxy groups -OCH3 is 2. The molecule has 1 N–H and O–H groups in total. The Bertz CT molecular complexity index is 1280. The van der Waals surface area contributed by atoms with Gasteiger partial charge in [-0.2, -0.15) is 5.10 Å². The maximum absolute atomic E-state index is 13.5. The van der Waals surface area contributed by atoms with Crippen LogP contribution in [0, 0.1) is 6.92 Å². The molecule has 0 spiro atoms. The van der Waals surface area contributed by atoms with E-state index in [1.165, 1.54) is 0 Å². The Morgan fingerprint density at radius 3 is 2.36 bits per heavy atom. The molecule has 3 heterocycles. The Hall–Kier alpha value is -3.88. The van der Waals surface area contributed by atoms with Gasteiger partial charge in [0.2, 0.25) is 0 Å². The lowest BCUT2D eigenvalue weighted by Gasteiger charge is -2.21. The van der Waals surface area contributed by atoms with Gasteiger partial charge in [0, 0.05) is 36.9 Å². The molecule has 1 amide bonds. The summed E-state index contributed by atoms with van der Waals surface area (Å²) in [5, 5.41) is 8.36. The van der Waals surface area contributed by atoms with Gasteiger partial charge in [0.25, 0.3) is 5.91 Å². The van der Waals surface area contributed by atoms with Crippen LogP contribution in [0.1, 0.15) is 53.4 Å². The number of rotatable bonds is 7. The van der Waals surface area contributed by atoms with E-state index in [1.54, 1.807) is 32.7 Å². The smallest absolute Gasteiger partial charge is 0.254 e. The van der Waals surface area contributed by atoms with Crippen LogP contribution in [-0.4, -0.2) is 44.4 Å². The van der Waals surface area contributed by atoms with Crippen molar-refractivity contribution in [1.82, 2.24) is 29.6 Å². The second-order valence-corrected chi connectivity index (χ2v) is 8.17. The van der Waals surface area contributed by atoms with Crippen LogP contribution >= 0.6 is 0 Å².